The first-order chi connectivity index (χ1) is 22.0. The van der Waals surface area contributed by atoms with Gasteiger partial charge in [0.25, 0.3) is 5.56 Å². The molecule has 0 aliphatic carbocycles. The van der Waals surface area contributed by atoms with Crippen LogP contribution in [0.1, 0.15) is 37.9 Å². The summed E-state index contributed by atoms with van der Waals surface area (Å²) < 4.78 is 35.1. The zero-order valence-corrected chi connectivity index (χ0v) is 30.6. The van der Waals surface area contributed by atoms with Gasteiger partial charge in [0.15, 0.2) is 29.5 Å². The van der Waals surface area contributed by atoms with Gasteiger partial charge in [-0.2, -0.15) is 0 Å². The highest BCUT2D eigenvalue weighted by molar-refractivity contribution is 14.1. The molecule has 3 aromatic rings. The molecule has 0 unspecified atom stereocenters. The van der Waals surface area contributed by atoms with Crippen LogP contribution >= 0.6 is 56.5 Å². The molecule has 46 heavy (non-hydrogen) atoms. The van der Waals surface area contributed by atoms with Crippen molar-refractivity contribution in [2.24, 2.45) is 4.99 Å². The van der Waals surface area contributed by atoms with Crippen LogP contribution in [0.5, 0.6) is 17.2 Å². The zero-order chi connectivity index (χ0) is 33.5. The third kappa shape index (κ3) is 7.91. The van der Waals surface area contributed by atoms with Gasteiger partial charge in [0.05, 0.1) is 56.4 Å². The summed E-state index contributed by atoms with van der Waals surface area (Å²) in [7, 11) is 2.55. The fourth-order valence-electron chi connectivity index (χ4n) is 4.53. The normalized spacial score (nSPS) is 14.2. The van der Waals surface area contributed by atoms with E-state index in [0.717, 1.165) is 12.7 Å². The molecule has 0 amide bonds. The Labute approximate surface area is 295 Å². The second kappa shape index (κ2) is 15.9. The SMILES string of the molecule is CCOC(=O)C1=C(C)N=c2s/c(=C\c3cc(I)c(OCC(=O)OC)c(I)c3)c(=O)n2[C@H]1c1ccc(OCC(=O)OC)c(OCC)c1. The molecule has 2 aromatic carbocycles. The minimum atomic E-state index is -0.888. The molecular formula is C31H30I2N2O10S. The number of ether oxygens (including phenoxy) is 6. The van der Waals surface area contributed by atoms with E-state index >= 15 is 0 Å². The summed E-state index contributed by atoms with van der Waals surface area (Å²) in [6.07, 6.45) is 1.74. The topological polar surface area (TPSA) is 141 Å². The van der Waals surface area contributed by atoms with E-state index in [9.17, 15) is 19.2 Å². The second-order valence-corrected chi connectivity index (χ2v) is 12.8. The van der Waals surface area contributed by atoms with Gasteiger partial charge >= 0.3 is 17.9 Å². The first-order valence-corrected chi connectivity index (χ1v) is 16.8. The summed E-state index contributed by atoms with van der Waals surface area (Å²) in [5.41, 5.74) is 1.55. The maximum Gasteiger partial charge on any atom is 0.343 e. The van der Waals surface area contributed by atoms with Crippen molar-refractivity contribution in [3.05, 3.63) is 79.6 Å². The molecule has 0 fully saturated rings. The molecule has 0 saturated heterocycles. The fourth-order valence-corrected chi connectivity index (χ4v) is 7.70. The summed E-state index contributed by atoms with van der Waals surface area (Å²) >= 11 is 5.40. The standard InChI is InChI=1S/C31H30I2N2O10S/c1-6-42-22-13-18(8-9-21(22)44-14-24(36)40-4)27-26(30(39)43-7-2)16(3)34-31-35(27)29(38)23(46-31)12-17-10-19(32)28(20(33)11-17)45-15-25(37)41-5/h8-13,27H,6-7,14-15H2,1-5H3/b23-12-/t27-/m0/s1. The third-order valence-electron chi connectivity index (χ3n) is 6.55. The Morgan fingerprint density at radius 3 is 2.20 bits per heavy atom. The molecule has 244 valence electrons. The van der Waals surface area contributed by atoms with Crippen molar-refractivity contribution in [3.63, 3.8) is 0 Å². The Hall–Kier alpha value is -3.45. The number of aromatic nitrogens is 1. The van der Waals surface area contributed by atoms with Crippen molar-refractivity contribution in [1.82, 2.24) is 4.57 Å². The molecule has 1 atom stereocenters. The van der Waals surface area contributed by atoms with E-state index in [2.05, 4.69) is 59.6 Å². The van der Waals surface area contributed by atoms with E-state index in [-0.39, 0.29) is 31.0 Å². The Morgan fingerprint density at radius 2 is 1.59 bits per heavy atom. The fraction of sp³-hybridized carbons (Fsp3) is 0.323. The lowest BCUT2D eigenvalue weighted by Gasteiger charge is -2.25. The number of carbonyl (C=O) groups is 3. The molecule has 2 heterocycles. The first kappa shape index (κ1) is 35.4. The predicted molar refractivity (Wildman–Crippen MR) is 185 cm³/mol. The lowest BCUT2D eigenvalue weighted by Crippen LogP contribution is -2.40. The van der Waals surface area contributed by atoms with E-state index in [4.69, 9.17) is 18.9 Å². The number of fused-ring (bicyclic) bond motifs is 1. The molecule has 1 aromatic heterocycles. The zero-order valence-electron chi connectivity index (χ0n) is 25.5. The number of esters is 3. The summed E-state index contributed by atoms with van der Waals surface area (Å²) in [5.74, 6) is -0.509. The van der Waals surface area contributed by atoms with E-state index < -0.39 is 23.9 Å². The van der Waals surface area contributed by atoms with Crippen molar-refractivity contribution in [2.45, 2.75) is 26.8 Å². The van der Waals surface area contributed by atoms with Gasteiger partial charge in [0, 0.05) is 0 Å². The Morgan fingerprint density at radius 1 is 0.935 bits per heavy atom. The van der Waals surface area contributed by atoms with Crippen LogP contribution in [-0.2, 0) is 28.6 Å². The summed E-state index contributed by atoms with van der Waals surface area (Å²) in [6, 6.07) is 7.77. The van der Waals surface area contributed by atoms with Crippen molar-refractivity contribution >= 4 is 80.5 Å². The quantitative estimate of drug-likeness (QED) is 0.151. The molecule has 0 saturated carbocycles. The minimum absolute atomic E-state index is 0.133. The number of nitrogens with zero attached hydrogens (tertiary/aromatic N) is 2. The van der Waals surface area contributed by atoms with Crippen molar-refractivity contribution in [1.29, 1.82) is 0 Å². The van der Waals surface area contributed by atoms with Gasteiger partial charge in [0.2, 0.25) is 0 Å². The highest BCUT2D eigenvalue weighted by atomic mass is 127. The monoisotopic (exact) mass is 876 g/mol. The number of halogens is 2. The van der Waals surface area contributed by atoms with Crippen molar-refractivity contribution in [2.75, 3.05) is 40.6 Å². The van der Waals surface area contributed by atoms with E-state index in [1.54, 1.807) is 45.0 Å². The highest BCUT2D eigenvalue weighted by Crippen LogP contribution is 2.36. The van der Waals surface area contributed by atoms with Crippen molar-refractivity contribution < 1.29 is 42.8 Å². The molecule has 0 bridgehead atoms. The average Bonchev–Trinajstić information content (AvgIpc) is 3.32. The molecule has 1 aliphatic heterocycles. The number of thiazole rings is 1. The van der Waals surface area contributed by atoms with Gasteiger partial charge < -0.3 is 28.4 Å². The van der Waals surface area contributed by atoms with Crippen LogP contribution in [0.15, 0.2) is 51.4 Å². The first-order valence-electron chi connectivity index (χ1n) is 13.9. The molecule has 15 heteroatoms. The molecule has 0 spiro atoms. The number of carbonyl (C=O) groups excluding carboxylic acids is 3. The summed E-state index contributed by atoms with van der Waals surface area (Å²) in [5, 5.41) is 0. The van der Waals surface area contributed by atoms with Gasteiger partial charge in [-0.15, -0.1) is 0 Å². The Balaban J connectivity index is 1.85. The van der Waals surface area contributed by atoms with Crippen LogP contribution < -0.4 is 29.1 Å². The van der Waals surface area contributed by atoms with Gasteiger partial charge in [0.1, 0.15) is 5.75 Å². The van der Waals surface area contributed by atoms with Crippen molar-refractivity contribution in [3.8, 4) is 17.2 Å². The third-order valence-corrected chi connectivity index (χ3v) is 9.14. The highest BCUT2D eigenvalue weighted by Gasteiger charge is 2.34. The van der Waals surface area contributed by atoms with Crippen LogP contribution in [0.25, 0.3) is 6.08 Å². The van der Waals surface area contributed by atoms with Crippen LogP contribution in [-0.4, -0.2) is 63.1 Å². The molecular weight excluding hydrogens is 846 g/mol. The van der Waals surface area contributed by atoms with Crippen LogP contribution in [0.3, 0.4) is 0 Å². The Kier molecular flexibility index (Phi) is 12.2. The summed E-state index contributed by atoms with van der Waals surface area (Å²) in [4.78, 5) is 55.7. The molecule has 0 N–H and O–H groups in total. The number of hydrogen-bond acceptors (Lipinski definition) is 12. The number of allylic oxidation sites excluding steroid dienone is 1. The lowest BCUT2D eigenvalue weighted by atomic mass is 9.95. The number of benzene rings is 2. The smallest absolute Gasteiger partial charge is 0.343 e. The molecule has 4 rings (SSSR count). The maximum absolute atomic E-state index is 14.1. The van der Waals surface area contributed by atoms with Gasteiger partial charge in [-0.25, -0.2) is 19.4 Å². The van der Waals surface area contributed by atoms with Gasteiger partial charge in [-0.1, -0.05) is 17.4 Å². The van der Waals surface area contributed by atoms with E-state index in [0.29, 0.717) is 44.4 Å². The Bertz CT molecular complexity index is 1860. The minimum Gasteiger partial charge on any atom is -0.490 e. The maximum atomic E-state index is 14.1. The molecule has 0 radical (unpaired) electrons. The van der Waals surface area contributed by atoms with Crippen LogP contribution in [0.2, 0.25) is 0 Å². The van der Waals surface area contributed by atoms with Crippen LogP contribution in [0, 0.1) is 7.14 Å². The second-order valence-electron chi connectivity index (χ2n) is 9.48. The lowest BCUT2D eigenvalue weighted by molar-refractivity contribution is -0.143. The summed E-state index contributed by atoms with van der Waals surface area (Å²) in [6.45, 7) is 5.08. The van der Waals surface area contributed by atoms with E-state index in [1.807, 2.05) is 12.1 Å². The van der Waals surface area contributed by atoms with Gasteiger partial charge in [-0.05, 0) is 107 Å². The average molecular weight is 876 g/mol. The van der Waals surface area contributed by atoms with Crippen LogP contribution in [0.4, 0.5) is 0 Å². The number of hydrogen-bond donors (Lipinski definition) is 0. The van der Waals surface area contributed by atoms with E-state index in [1.165, 1.54) is 30.1 Å². The largest absolute Gasteiger partial charge is 0.490 e. The van der Waals surface area contributed by atoms with Gasteiger partial charge in [-0.3, -0.25) is 9.36 Å². The molecule has 12 nitrogen and oxygen atoms in total. The molecule has 1 aliphatic rings. The predicted octanol–water partition coefficient (Wildman–Crippen LogP) is 3.51. The number of rotatable bonds is 12. The number of methoxy groups -OCH3 is 2.